The van der Waals surface area contributed by atoms with Gasteiger partial charge < -0.3 is 15.5 Å². The second-order valence-electron chi connectivity index (χ2n) is 9.38. The fraction of sp³-hybridized carbons (Fsp3) is 0.320. The van der Waals surface area contributed by atoms with E-state index in [-0.39, 0.29) is 0 Å². The summed E-state index contributed by atoms with van der Waals surface area (Å²) in [5, 5.41) is 12.5. The van der Waals surface area contributed by atoms with Crippen molar-refractivity contribution >= 4 is 65.7 Å². The van der Waals surface area contributed by atoms with Gasteiger partial charge in [0.1, 0.15) is 5.82 Å². The number of anilines is 5. The summed E-state index contributed by atoms with van der Waals surface area (Å²) in [6.45, 7) is 2.18. The van der Waals surface area contributed by atoms with E-state index in [9.17, 15) is 8.42 Å². The molecule has 12 heteroatoms. The topological polar surface area (TPSA) is 117 Å². The number of hydrogen-bond donors (Lipinski definition) is 3. The van der Waals surface area contributed by atoms with Crippen LogP contribution in [0.25, 0.3) is 10.9 Å². The van der Waals surface area contributed by atoms with Crippen molar-refractivity contribution in [2.24, 2.45) is 7.05 Å². The fourth-order valence-electron chi connectivity index (χ4n) is 4.60. The molecule has 37 heavy (non-hydrogen) atoms. The number of halogens is 1. The Labute approximate surface area is 224 Å². The van der Waals surface area contributed by atoms with Gasteiger partial charge in [0.05, 0.1) is 33.3 Å². The molecule has 3 heterocycles. The number of sulfonamides is 1. The summed E-state index contributed by atoms with van der Waals surface area (Å²) in [7, 11) is 0.708. The van der Waals surface area contributed by atoms with Crippen LogP contribution in [0.5, 0.6) is 0 Å². The number of aromatic nitrogens is 4. The smallest absolute Gasteiger partial charge is 0.229 e. The van der Waals surface area contributed by atoms with Crippen molar-refractivity contribution in [1.82, 2.24) is 24.6 Å². The Morgan fingerprint density at radius 2 is 1.76 bits per heavy atom. The van der Waals surface area contributed by atoms with Crippen LogP contribution in [0.2, 0.25) is 0 Å². The summed E-state index contributed by atoms with van der Waals surface area (Å²) >= 11 is 3.48. The third-order valence-corrected chi connectivity index (χ3v) is 7.63. The zero-order chi connectivity index (χ0) is 26.2. The largest absolute Gasteiger partial charge is 0.337 e. The Morgan fingerprint density at radius 1 is 1.03 bits per heavy atom. The molecular weight excluding hydrogens is 556 g/mol. The first kappa shape index (κ1) is 25.4. The normalized spacial score (nSPS) is 15.1. The van der Waals surface area contributed by atoms with Crippen LogP contribution in [0.15, 0.2) is 53.1 Å². The zero-order valence-electron chi connectivity index (χ0n) is 20.9. The average Bonchev–Trinajstić information content (AvgIpc) is 3.18. The number of para-hydroxylation sites is 2. The number of aryl methyl sites for hydroxylation is 1. The van der Waals surface area contributed by atoms with Crippen molar-refractivity contribution in [3.63, 3.8) is 0 Å². The minimum Gasteiger partial charge on any atom is -0.337 e. The number of hydrogen-bond acceptors (Lipinski definition) is 8. The molecule has 1 aliphatic rings. The lowest BCUT2D eigenvalue weighted by Crippen LogP contribution is -2.29. The van der Waals surface area contributed by atoms with E-state index < -0.39 is 10.0 Å². The van der Waals surface area contributed by atoms with E-state index in [2.05, 4.69) is 65.3 Å². The number of fused-ring (bicyclic) bond motifs is 1. The van der Waals surface area contributed by atoms with Crippen molar-refractivity contribution in [2.45, 2.75) is 18.8 Å². The van der Waals surface area contributed by atoms with Crippen LogP contribution < -0.4 is 15.4 Å². The van der Waals surface area contributed by atoms with Gasteiger partial charge in [0, 0.05) is 30.2 Å². The molecule has 5 rings (SSSR count). The molecule has 0 spiro atoms. The molecule has 10 nitrogen and oxygen atoms in total. The summed E-state index contributed by atoms with van der Waals surface area (Å²) in [5.41, 5.74) is 4.06. The average molecular weight is 586 g/mol. The van der Waals surface area contributed by atoms with E-state index in [0.29, 0.717) is 33.5 Å². The molecular formula is C25H29BrN8O2S. The Hall–Kier alpha value is -3.22. The predicted molar refractivity (Wildman–Crippen MR) is 151 cm³/mol. The van der Waals surface area contributed by atoms with E-state index >= 15 is 0 Å². The van der Waals surface area contributed by atoms with Gasteiger partial charge in [-0.3, -0.25) is 9.40 Å². The van der Waals surface area contributed by atoms with Gasteiger partial charge in [-0.15, -0.1) is 0 Å². The number of nitrogens with zero attached hydrogens (tertiary/aromatic N) is 5. The van der Waals surface area contributed by atoms with Crippen LogP contribution in [0.3, 0.4) is 0 Å². The summed E-state index contributed by atoms with van der Waals surface area (Å²) in [5.74, 6) is 1.37. The zero-order valence-corrected chi connectivity index (χ0v) is 23.3. The Balaban J connectivity index is 1.38. The second-order valence-corrected chi connectivity index (χ2v) is 12.0. The molecule has 4 aromatic rings. The van der Waals surface area contributed by atoms with Gasteiger partial charge in [0.2, 0.25) is 16.0 Å². The lowest BCUT2D eigenvalue weighted by molar-refractivity contribution is 0.253. The van der Waals surface area contributed by atoms with Gasteiger partial charge >= 0.3 is 0 Å². The van der Waals surface area contributed by atoms with E-state index in [1.807, 2.05) is 23.9 Å². The SMILES string of the molecule is CN1CCC(c2nn(C)c3cc(Nc4ncc(Br)c(Nc5ccccc5NS(C)(=O)=O)n4)ccc23)CC1. The molecule has 0 saturated carbocycles. The number of nitrogens with one attached hydrogen (secondary N) is 3. The Kier molecular flexibility index (Phi) is 7.06. The first-order valence-corrected chi connectivity index (χ1v) is 14.6. The van der Waals surface area contributed by atoms with Crippen molar-refractivity contribution in [2.75, 3.05) is 41.7 Å². The van der Waals surface area contributed by atoms with Crippen LogP contribution in [0.4, 0.5) is 28.8 Å². The molecule has 1 fully saturated rings. The van der Waals surface area contributed by atoms with Gasteiger partial charge in [0.15, 0.2) is 0 Å². The predicted octanol–water partition coefficient (Wildman–Crippen LogP) is 4.79. The summed E-state index contributed by atoms with van der Waals surface area (Å²) in [6, 6.07) is 13.2. The minimum absolute atomic E-state index is 0.399. The maximum atomic E-state index is 11.8. The third-order valence-electron chi connectivity index (χ3n) is 6.46. The standard InChI is InChI=1S/C25H29BrN8O2S/c1-33-12-10-16(11-13-33)23-18-9-8-17(14-22(18)34(2)31-23)28-25-27-15-19(26)24(30-25)29-20-6-4-5-7-21(20)32-37(3,35)36/h4-9,14-16,32H,10-13H2,1-3H3,(H2,27,28,29,30). The minimum atomic E-state index is -3.44. The van der Waals surface area contributed by atoms with E-state index in [1.54, 1.807) is 24.4 Å². The summed E-state index contributed by atoms with van der Waals surface area (Å²) in [6.07, 6.45) is 5.00. The fourth-order valence-corrected chi connectivity index (χ4v) is 5.47. The van der Waals surface area contributed by atoms with E-state index in [1.165, 1.54) is 11.1 Å². The molecule has 2 aromatic carbocycles. The molecule has 0 unspecified atom stereocenters. The van der Waals surface area contributed by atoms with Crippen molar-refractivity contribution < 1.29 is 8.42 Å². The first-order chi connectivity index (χ1) is 17.7. The highest BCUT2D eigenvalue weighted by Gasteiger charge is 2.23. The molecule has 2 aromatic heterocycles. The third kappa shape index (κ3) is 5.86. The highest BCUT2D eigenvalue weighted by molar-refractivity contribution is 9.10. The van der Waals surface area contributed by atoms with Gasteiger partial charge in [0.25, 0.3) is 0 Å². The molecule has 0 radical (unpaired) electrons. The molecule has 1 aliphatic heterocycles. The quantitative estimate of drug-likeness (QED) is 0.284. The van der Waals surface area contributed by atoms with Crippen molar-refractivity contribution in [1.29, 1.82) is 0 Å². The summed E-state index contributed by atoms with van der Waals surface area (Å²) < 4.78 is 28.6. The Morgan fingerprint density at radius 3 is 2.49 bits per heavy atom. The first-order valence-electron chi connectivity index (χ1n) is 11.9. The van der Waals surface area contributed by atoms with Crippen LogP contribution in [0.1, 0.15) is 24.5 Å². The molecule has 1 saturated heterocycles. The number of benzene rings is 2. The van der Waals surface area contributed by atoms with Gasteiger partial charge in [-0.25, -0.2) is 13.4 Å². The van der Waals surface area contributed by atoms with Crippen LogP contribution in [-0.2, 0) is 17.1 Å². The van der Waals surface area contributed by atoms with Gasteiger partial charge in [-0.1, -0.05) is 12.1 Å². The second kappa shape index (κ2) is 10.3. The molecule has 0 bridgehead atoms. The molecule has 194 valence electrons. The van der Waals surface area contributed by atoms with Crippen LogP contribution >= 0.6 is 15.9 Å². The lowest BCUT2D eigenvalue weighted by atomic mass is 9.92. The number of rotatable bonds is 7. The summed E-state index contributed by atoms with van der Waals surface area (Å²) in [4.78, 5) is 11.4. The molecule has 0 atom stereocenters. The maximum Gasteiger partial charge on any atom is 0.229 e. The van der Waals surface area contributed by atoms with Crippen LogP contribution in [0, 0.1) is 0 Å². The lowest BCUT2D eigenvalue weighted by Gasteiger charge is -2.28. The highest BCUT2D eigenvalue weighted by Crippen LogP contribution is 2.34. The monoisotopic (exact) mass is 584 g/mol. The van der Waals surface area contributed by atoms with E-state index in [0.717, 1.165) is 43.4 Å². The van der Waals surface area contributed by atoms with E-state index in [4.69, 9.17) is 5.10 Å². The van der Waals surface area contributed by atoms with Gasteiger partial charge in [-0.05, 0) is 79.2 Å². The Bertz CT molecular complexity index is 1550. The number of likely N-dealkylation sites (tertiary alicyclic amines) is 1. The molecule has 3 N–H and O–H groups in total. The van der Waals surface area contributed by atoms with Crippen molar-refractivity contribution in [3.05, 3.63) is 58.8 Å². The molecule has 0 amide bonds. The molecule has 0 aliphatic carbocycles. The van der Waals surface area contributed by atoms with Gasteiger partial charge in [-0.2, -0.15) is 10.1 Å². The maximum absolute atomic E-state index is 11.8. The highest BCUT2D eigenvalue weighted by atomic mass is 79.9. The number of piperidine rings is 1. The van der Waals surface area contributed by atoms with Crippen molar-refractivity contribution in [3.8, 4) is 0 Å². The van der Waals surface area contributed by atoms with Crippen LogP contribution in [-0.4, -0.2) is 59.5 Å².